The molecule has 1 N–H and O–H groups in total. The summed E-state index contributed by atoms with van der Waals surface area (Å²) in [4.78, 5) is 14.5. The Kier molecular flexibility index (Phi) is 5.79. The van der Waals surface area contributed by atoms with Crippen molar-refractivity contribution >= 4 is 11.9 Å². The van der Waals surface area contributed by atoms with Crippen LogP contribution in [0.2, 0.25) is 0 Å². The molecule has 0 saturated carbocycles. The molecule has 74 valence electrons. The first-order valence-corrected chi connectivity index (χ1v) is 3.75. The van der Waals surface area contributed by atoms with Gasteiger partial charge < -0.3 is 19.7 Å². The van der Waals surface area contributed by atoms with Crippen LogP contribution in [0.25, 0.3) is 5.65 Å². The maximum Gasteiger partial charge on any atom is 1.00 e. The number of aryl methyl sites for hydroxylation is 1. The van der Waals surface area contributed by atoms with Crippen molar-refractivity contribution < 1.29 is 66.0 Å². The fourth-order valence-corrected chi connectivity index (χ4v) is 1.26. The van der Waals surface area contributed by atoms with Crippen LogP contribution in [0.1, 0.15) is 11.4 Å². The third-order valence-electron chi connectivity index (χ3n) is 1.86. The maximum atomic E-state index is 12.7. The number of hydrogen-bond donors (Lipinski definition) is 0. The van der Waals surface area contributed by atoms with Crippen LogP contribution in [0.3, 0.4) is 0 Å². The van der Waals surface area contributed by atoms with Crippen molar-refractivity contribution in [2.75, 3.05) is 0 Å². The van der Waals surface area contributed by atoms with Crippen LogP contribution < -0.4 is 51.4 Å². The quantitative estimate of drug-likeness (QED) is 0.425. The van der Waals surface area contributed by atoms with E-state index in [2.05, 4.69) is 4.98 Å². The molecule has 0 spiro atoms. The summed E-state index contributed by atoms with van der Waals surface area (Å²) < 4.78 is 14.2. The molecule has 0 unspecified atom stereocenters. The third kappa shape index (κ3) is 2.71. The average Bonchev–Trinajstić information content (AvgIpc) is 2.39. The molecule has 0 bridgehead atoms. The summed E-state index contributed by atoms with van der Waals surface area (Å²) in [6.07, 6.45) is 3.23. The Bertz CT molecular complexity index is 484. The molecule has 0 amide bonds. The number of hydrogen-bond acceptors (Lipinski definition) is 3. The first-order chi connectivity index (χ1) is 6.22. The van der Waals surface area contributed by atoms with Crippen molar-refractivity contribution in [3.8, 4) is 0 Å². The number of halogens is 1. The van der Waals surface area contributed by atoms with Gasteiger partial charge in [0.2, 0.25) is 0 Å². The van der Waals surface area contributed by atoms with Crippen molar-refractivity contribution in [3.63, 3.8) is 0 Å². The molecule has 2 heterocycles. The zero-order chi connectivity index (χ0) is 9.42. The van der Waals surface area contributed by atoms with Gasteiger partial charge in [0.05, 0.1) is 0 Å². The van der Waals surface area contributed by atoms with Gasteiger partial charge in [0.15, 0.2) is 0 Å². The summed E-state index contributed by atoms with van der Waals surface area (Å²) in [5.41, 5.74) is 1.33. The molecular weight excluding hydrogens is 226 g/mol. The predicted octanol–water partition coefficient (Wildman–Crippen LogP) is -1.93. The topological polar surface area (TPSA) is 64.4 Å². The molecule has 0 fully saturated rings. The summed E-state index contributed by atoms with van der Waals surface area (Å²) in [7, 11) is 0. The van der Waals surface area contributed by atoms with Gasteiger partial charge in [-0.1, -0.05) is 18.3 Å². The first kappa shape index (κ1) is 14.9. The van der Waals surface area contributed by atoms with Gasteiger partial charge in [0, 0.05) is 18.5 Å². The van der Waals surface area contributed by atoms with E-state index in [0.717, 1.165) is 0 Å². The summed E-state index contributed by atoms with van der Waals surface area (Å²) >= 11 is 0. The second-order valence-electron chi connectivity index (χ2n) is 2.72. The standard InChI is InChI=1S/C9H6FN2O.K.H2O/c1-6-8(5-13)12-3-2-7(10)4-9(12)11-6;;/h2-4H,1H3;;1H2/q-1;+1;/p-1. The minimum atomic E-state index is -0.366. The van der Waals surface area contributed by atoms with Crippen molar-refractivity contribution in [2.24, 2.45) is 0 Å². The summed E-state index contributed by atoms with van der Waals surface area (Å²) in [5.74, 6) is -0.366. The van der Waals surface area contributed by atoms with Crippen molar-refractivity contribution in [1.82, 2.24) is 9.38 Å². The van der Waals surface area contributed by atoms with E-state index < -0.39 is 0 Å². The summed E-state index contributed by atoms with van der Waals surface area (Å²) in [6.45, 7) is 1.69. The molecule has 0 aliphatic rings. The Hall–Kier alpha value is -0.114. The van der Waals surface area contributed by atoms with Gasteiger partial charge >= 0.3 is 51.4 Å². The van der Waals surface area contributed by atoms with Crippen LogP contribution in [-0.2, 0) is 4.79 Å². The van der Waals surface area contributed by atoms with E-state index in [0.29, 0.717) is 17.0 Å². The fraction of sp³-hybridized carbons (Fsp3) is 0.111. The maximum absolute atomic E-state index is 12.7. The minimum absolute atomic E-state index is 0. The molecular formula is C9H7FKN2O2-. The van der Waals surface area contributed by atoms with E-state index in [4.69, 9.17) is 0 Å². The number of fused-ring (bicyclic) bond motifs is 1. The number of rotatable bonds is 1. The molecule has 0 radical (unpaired) electrons. The zero-order valence-electron chi connectivity index (χ0n) is 8.36. The van der Waals surface area contributed by atoms with Crippen LogP contribution in [-0.4, -0.2) is 21.1 Å². The molecule has 0 aliphatic heterocycles. The van der Waals surface area contributed by atoms with Crippen LogP contribution in [0.15, 0.2) is 18.3 Å². The largest absolute Gasteiger partial charge is 1.00 e. The summed E-state index contributed by atoms with van der Waals surface area (Å²) in [6, 6.07) is 2.54. The van der Waals surface area contributed by atoms with Gasteiger partial charge in [-0.3, -0.25) is 0 Å². The first-order valence-electron chi connectivity index (χ1n) is 3.75. The fourth-order valence-electron chi connectivity index (χ4n) is 1.26. The SMILES string of the molecule is Cc1nc2cc(F)ccn2c1[C-]=O.[K+].[OH-]. The van der Waals surface area contributed by atoms with E-state index in [9.17, 15) is 9.18 Å². The van der Waals surface area contributed by atoms with E-state index in [1.54, 1.807) is 13.2 Å². The van der Waals surface area contributed by atoms with Crippen LogP contribution in [0.4, 0.5) is 4.39 Å². The van der Waals surface area contributed by atoms with Gasteiger partial charge in [0.1, 0.15) is 11.5 Å². The second-order valence-corrected chi connectivity index (χ2v) is 2.72. The number of aromatic nitrogens is 2. The Balaban J connectivity index is 0.000000980. The molecule has 0 atom stereocenters. The van der Waals surface area contributed by atoms with E-state index in [1.165, 1.54) is 22.7 Å². The van der Waals surface area contributed by atoms with E-state index in [-0.39, 0.29) is 62.7 Å². The van der Waals surface area contributed by atoms with E-state index >= 15 is 0 Å². The van der Waals surface area contributed by atoms with Crippen molar-refractivity contribution in [1.29, 1.82) is 0 Å². The molecule has 0 aromatic carbocycles. The van der Waals surface area contributed by atoms with E-state index in [1.807, 2.05) is 0 Å². The zero-order valence-corrected chi connectivity index (χ0v) is 11.5. The number of imidazole rings is 1. The Morgan fingerprint density at radius 2 is 2.20 bits per heavy atom. The third-order valence-corrected chi connectivity index (χ3v) is 1.86. The van der Waals surface area contributed by atoms with Crippen LogP contribution in [0.5, 0.6) is 0 Å². The molecule has 0 aliphatic carbocycles. The van der Waals surface area contributed by atoms with Gasteiger partial charge in [-0.05, 0) is 6.07 Å². The molecule has 2 aromatic heterocycles. The molecule has 4 nitrogen and oxygen atoms in total. The van der Waals surface area contributed by atoms with Crippen LogP contribution >= 0.6 is 0 Å². The molecule has 6 heteroatoms. The van der Waals surface area contributed by atoms with Crippen molar-refractivity contribution in [3.05, 3.63) is 35.5 Å². The number of nitrogens with zero attached hydrogens (tertiary/aromatic N) is 2. The van der Waals surface area contributed by atoms with Gasteiger partial charge in [-0.15, -0.1) is 0 Å². The second kappa shape index (κ2) is 5.83. The Morgan fingerprint density at radius 1 is 1.53 bits per heavy atom. The Labute approximate surface area is 128 Å². The van der Waals surface area contributed by atoms with Crippen molar-refractivity contribution in [2.45, 2.75) is 6.92 Å². The smallest absolute Gasteiger partial charge is 0.870 e. The predicted molar refractivity (Wildman–Crippen MR) is 46.6 cm³/mol. The van der Waals surface area contributed by atoms with Gasteiger partial charge in [-0.2, -0.15) is 0 Å². The minimum Gasteiger partial charge on any atom is -0.870 e. The molecule has 2 aromatic rings. The Morgan fingerprint density at radius 3 is 2.80 bits per heavy atom. The summed E-state index contributed by atoms with van der Waals surface area (Å²) in [5, 5.41) is 0. The molecule has 2 rings (SSSR count). The molecule has 15 heavy (non-hydrogen) atoms. The monoisotopic (exact) mass is 233 g/mol. The molecule has 0 saturated heterocycles. The number of pyridine rings is 1. The van der Waals surface area contributed by atoms with Gasteiger partial charge in [-0.25, -0.2) is 4.39 Å². The van der Waals surface area contributed by atoms with Crippen LogP contribution in [0, 0.1) is 12.7 Å². The normalized spacial score (nSPS) is 9.20. The van der Waals surface area contributed by atoms with Gasteiger partial charge in [0.25, 0.3) is 0 Å². The average molecular weight is 233 g/mol. The number of carbonyl (C=O) groups excluding carboxylic acids is 1.